The second kappa shape index (κ2) is 7.87. The number of amidine groups is 1. The number of nitrogens with zero attached hydrogens (tertiary/aromatic N) is 3. The van der Waals surface area contributed by atoms with Crippen molar-refractivity contribution in [2.45, 2.75) is 0 Å². The quantitative estimate of drug-likeness (QED) is 0.686. The summed E-state index contributed by atoms with van der Waals surface area (Å²) in [5.41, 5.74) is 1.52. The molecular formula is C18H13Cl2N3OS. The van der Waals surface area contributed by atoms with Crippen LogP contribution in [0.2, 0.25) is 5.02 Å². The molecule has 0 saturated carbocycles. The van der Waals surface area contributed by atoms with Gasteiger partial charge in [0.15, 0.2) is 5.17 Å². The number of hydrogen-bond donors (Lipinski definition) is 0. The van der Waals surface area contributed by atoms with Crippen molar-refractivity contribution in [2.75, 3.05) is 7.05 Å². The highest BCUT2D eigenvalue weighted by atomic mass is 35.5. The number of carbonyl (C=O) groups excluding carboxylic acids is 1. The van der Waals surface area contributed by atoms with Crippen molar-refractivity contribution in [3.8, 4) is 0 Å². The Kier molecular flexibility index (Phi) is 5.58. The number of amides is 1. The summed E-state index contributed by atoms with van der Waals surface area (Å²) in [6, 6.07) is 11.4. The van der Waals surface area contributed by atoms with E-state index in [9.17, 15) is 4.79 Å². The third-order valence-electron chi connectivity index (χ3n) is 3.34. The van der Waals surface area contributed by atoms with E-state index in [1.165, 1.54) is 22.9 Å². The number of allylic oxidation sites excluding steroid dienone is 2. The van der Waals surface area contributed by atoms with Crippen LogP contribution in [0.25, 0.3) is 6.08 Å². The molecule has 1 aromatic heterocycles. The maximum atomic E-state index is 12.4. The minimum atomic E-state index is -0.159. The van der Waals surface area contributed by atoms with E-state index in [0.717, 1.165) is 5.56 Å². The van der Waals surface area contributed by atoms with Gasteiger partial charge in [-0.3, -0.25) is 14.7 Å². The van der Waals surface area contributed by atoms with Gasteiger partial charge in [0.25, 0.3) is 5.91 Å². The maximum absolute atomic E-state index is 12.4. The minimum absolute atomic E-state index is 0.159. The molecule has 4 nitrogen and oxygen atoms in total. The number of halogens is 2. The summed E-state index contributed by atoms with van der Waals surface area (Å²) in [6.45, 7) is 0. The molecule has 1 aliphatic heterocycles. The number of aliphatic imine (C=N–C) groups is 1. The van der Waals surface area contributed by atoms with Gasteiger partial charge in [0.05, 0.1) is 15.6 Å². The molecule has 0 aliphatic carbocycles. The van der Waals surface area contributed by atoms with Crippen molar-refractivity contribution in [3.05, 3.63) is 75.4 Å². The topological polar surface area (TPSA) is 45.6 Å². The van der Waals surface area contributed by atoms with E-state index in [1.54, 1.807) is 31.5 Å². The first-order chi connectivity index (χ1) is 12.0. The molecule has 7 heteroatoms. The summed E-state index contributed by atoms with van der Waals surface area (Å²) < 4.78 is 0. The van der Waals surface area contributed by atoms with Crippen LogP contribution in [-0.4, -0.2) is 28.0 Å². The van der Waals surface area contributed by atoms with Crippen molar-refractivity contribution in [2.24, 2.45) is 4.99 Å². The average molecular weight is 390 g/mol. The van der Waals surface area contributed by atoms with Crippen molar-refractivity contribution in [1.29, 1.82) is 0 Å². The maximum Gasteiger partial charge on any atom is 0.266 e. The van der Waals surface area contributed by atoms with Gasteiger partial charge in [0.1, 0.15) is 0 Å². The number of benzene rings is 1. The van der Waals surface area contributed by atoms with Crippen LogP contribution in [0.1, 0.15) is 5.56 Å². The highest BCUT2D eigenvalue weighted by Gasteiger charge is 2.30. The van der Waals surface area contributed by atoms with E-state index in [2.05, 4.69) is 9.98 Å². The number of hydrogen-bond acceptors (Lipinski definition) is 4. The zero-order valence-electron chi connectivity index (χ0n) is 13.2. The highest BCUT2D eigenvalue weighted by Crippen LogP contribution is 2.34. The fourth-order valence-electron chi connectivity index (χ4n) is 2.09. The Morgan fingerprint density at radius 2 is 2.04 bits per heavy atom. The summed E-state index contributed by atoms with van der Waals surface area (Å²) >= 11 is 13.6. The highest BCUT2D eigenvalue weighted by molar-refractivity contribution is 8.18. The fourth-order valence-corrected chi connectivity index (χ4v) is 3.52. The van der Waals surface area contributed by atoms with E-state index < -0.39 is 0 Å². The van der Waals surface area contributed by atoms with Gasteiger partial charge in [-0.1, -0.05) is 53.5 Å². The first-order valence-corrected chi connectivity index (χ1v) is 8.90. The van der Waals surface area contributed by atoms with Gasteiger partial charge in [0.2, 0.25) is 0 Å². The largest absolute Gasteiger partial charge is 0.290 e. The van der Waals surface area contributed by atoms with Crippen LogP contribution in [0, 0.1) is 0 Å². The van der Waals surface area contributed by atoms with E-state index in [1.807, 2.05) is 30.3 Å². The van der Waals surface area contributed by atoms with Crippen LogP contribution in [-0.2, 0) is 4.79 Å². The van der Waals surface area contributed by atoms with Gasteiger partial charge in [-0.25, -0.2) is 4.99 Å². The zero-order chi connectivity index (χ0) is 17.8. The van der Waals surface area contributed by atoms with Crippen molar-refractivity contribution in [3.63, 3.8) is 0 Å². The lowest BCUT2D eigenvalue weighted by Gasteiger charge is -2.07. The molecule has 2 aromatic rings. The Bertz CT molecular complexity index is 894. The first kappa shape index (κ1) is 17.7. The van der Waals surface area contributed by atoms with Crippen LogP contribution in [0.3, 0.4) is 0 Å². The van der Waals surface area contributed by atoms with Crippen LogP contribution in [0.4, 0.5) is 5.69 Å². The van der Waals surface area contributed by atoms with E-state index in [0.29, 0.717) is 25.8 Å². The molecule has 126 valence electrons. The Labute approximate surface area is 159 Å². The lowest BCUT2D eigenvalue weighted by molar-refractivity contribution is -0.121. The summed E-state index contributed by atoms with van der Waals surface area (Å²) in [5, 5.41) is 1.43. The number of aromatic nitrogens is 1. The molecule has 1 fully saturated rings. The molecule has 2 heterocycles. The van der Waals surface area contributed by atoms with Gasteiger partial charge < -0.3 is 0 Å². The average Bonchev–Trinajstić information content (AvgIpc) is 2.86. The van der Waals surface area contributed by atoms with Crippen LogP contribution in [0.15, 0.2) is 69.8 Å². The first-order valence-electron chi connectivity index (χ1n) is 7.32. The normalized spacial score (nSPS) is 18.4. The van der Waals surface area contributed by atoms with Gasteiger partial charge >= 0.3 is 0 Å². The zero-order valence-corrected chi connectivity index (χ0v) is 15.5. The van der Waals surface area contributed by atoms with Gasteiger partial charge in [-0.15, -0.1) is 0 Å². The molecule has 0 unspecified atom stereocenters. The Hall–Kier alpha value is -2.08. The molecule has 1 aromatic carbocycles. The van der Waals surface area contributed by atoms with Crippen molar-refractivity contribution < 1.29 is 4.79 Å². The molecule has 1 saturated heterocycles. The van der Waals surface area contributed by atoms with Crippen molar-refractivity contribution >= 4 is 57.8 Å². The molecule has 1 aliphatic rings. The summed E-state index contributed by atoms with van der Waals surface area (Å²) in [7, 11) is 1.67. The van der Waals surface area contributed by atoms with Crippen LogP contribution >= 0.6 is 35.0 Å². The summed E-state index contributed by atoms with van der Waals surface area (Å²) in [5.74, 6) is -0.159. The lowest BCUT2D eigenvalue weighted by Crippen LogP contribution is -2.23. The SMILES string of the molecule is CN1C(=O)/C(=C/C(Cl)=C/c2ccccc2)SC1=Nc1ccncc1Cl. The van der Waals surface area contributed by atoms with Gasteiger partial charge in [0, 0.05) is 24.5 Å². The van der Waals surface area contributed by atoms with Gasteiger partial charge in [-0.05, 0) is 35.5 Å². The molecule has 0 spiro atoms. The predicted octanol–water partition coefficient (Wildman–Crippen LogP) is 5.09. The molecule has 0 radical (unpaired) electrons. The molecule has 0 atom stereocenters. The second-order valence-electron chi connectivity index (χ2n) is 5.14. The predicted molar refractivity (Wildman–Crippen MR) is 105 cm³/mol. The second-order valence-corrected chi connectivity index (χ2v) is 6.99. The molecular weight excluding hydrogens is 377 g/mol. The van der Waals surface area contributed by atoms with Crippen LogP contribution in [0.5, 0.6) is 0 Å². The monoisotopic (exact) mass is 389 g/mol. The third-order valence-corrected chi connectivity index (χ3v) is 4.91. The number of rotatable bonds is 3. The van der Waals surface area contributed by atoms with E-state index >= 15 is 0 Å². The molecule has 25 heavy (non-hydrogen) atoms. The number of likely N-dealkylation sites (N-methyl/N-ethyl adjacent to an activating group) is 1. The van der Waals surface area contributed by atoms with E-state index in [-0.39, 0.29) is 5.91 Å². The Morgan fingerprint density at radius 1 is 1.28 bits per heavy atom. The Morgan fingerprint density at radius 3 is 2.76 bits per heavy atom. The summed E-state index contributed by atoms with van der Waals surface area (Å²) in [4.78, 5) is 22.7. The lowest BCUT2D eigenvalue weighted by atomic mass is 10.2. The smallest absolute Gasteiger partial charge is 0.266 e. The molecule has 1 amide bonds. The standard InChI is InChI=1S/C18H13Cl2N3OS/c1-23-17(24)16(10-13(19)9-12-5-3-2-4-6-12)25-18(23)22-15-7-8-21-11-14(15)20/h2-11H,1H3/b13-9-,16-10-,22-18?. The minimum Gasteiger partial charge on any atom is -0.290 e. The molecule has 0 N–H and O–H groups in total. The number of thioether (sulfide) groups is 1. The Balaban J connectivity index is 1.86. The van der Waals surface area contributed by atoms with Crippen molar-refractivity contribution in [1.82, 2.24) is 9.88 Å². The fraction of sp³-hybridized carbons (Fsp3) is 0.0556. The third kappa shape index (κ3) is 4.31. The summed E-state index contributed by atoms with van der Waals surface area (Å²) in [6.07, 6.45) is 6.56. The van der Waals surface area contributed by atoms with Crippen LogP contribution < -0.4 is 0 Å². The molecule has 3 rings (SSSR count). The number of carbonyl (C=O) groups is 1. The molecule has 0 bridgehead atoms. The number of pyridine rings is 1. The van der Waals surface area contributed by atoms with E-state index in [4.69, 9.17) is 23.2 Å². The van der Waals surface area contributed by atoms with Gasteiger partial charge in [-0.2, -0.15) is 0 Å².